The van der Waals surface area contributed by atoms with E-state index in [1.165, 1.54) is 5.56 Å². The van der Waals surface area contributed by atoms with E-state index in [4.69, 9.17) is 12.2 Å². The predicted molar refractivity (Wildman–Crippen MR) is 75.3 cm³/mol. The van der Waals surface area contributed by atoms with Gasteiger partial charge in [0.05, 0.1) is 23.6 Å². The number of imidazole rings is 1. The van der Waals surface area contributed by atoms with Crippen molar-refractivity contribution in [3.8, 4) is 12.3 Å². The van der Waals surface area contributed by atoms with Gasteiger partial charge in [0.2, 0.25) is 0 Å². The van der Waals surface area contributed by atoms with Crippen molar-refractivity contribution in [1.82, 2.24) is 9.55 Å². The van der Waals surface area contributed by atoms with Crippen molar-refractivity contribution < 1.29 is 0 Å². The number of hydrogen-bond donors (Lipinski definition) is 1. The summed E-state index contributed by atoms with van der Waals surface area (Å²) in [4.78, 5) is 4.62. The van der Waals surface area contributed by atoms with Crippen LogP contribution in [-0.4, -0.2) is 9.55 Å². The third kappa shape index (κ3) is 2.12. The van der Waals surface area contributed by atoms with Crippen LogP contribution in [0, 0.1) is 12.3 Å². The molecule has 2 N–H and O–H groups in total. The Kier molecular flexibility index (Phi) is 3.40. The first-order chi connectivity index (χ1) is 8.54. The lowest BCUT2D eigenvalue weighted by Crippen LogP contribution is -2.13. The molecule has 2 rings (SSSR count). The summed E-state index contributed by atoms with van der Waals surface area (Å²) in [6.07, 6.45) is 5.42. The van der Waals surface area contributed by atoms with Crippen LogP contribution in [0.2, 0.25) is 0 Å². The van der Waals surface area contributed by atoms with Gasteiger partial charge in [0, 0.05) is 0 Å². The lowest BCUT2D eigenvalue weighted by molar-refractivity contribution is 0.677. The van der Waals surface area contributed by atoms with Gasteiger partial charge in [-0.25, -0.2) is 4.98 Å². The number of aromatic nitrogens is 2. The van der Waals surface area contributed by atoms with Gasteiger partial charge in [-0.1, -0.05) is 25.8 Å². The van der Waals surface area contributed by atoms with Crippen molar-refractivity contribution >= 4 is 11.0 Å². The van der Waals surface area contributed by atoms with E-state index in [-0.39, 0.29) is 6.04 Å². The van der Waals surface area contributed by atoms with Gasteiger partial charge in [0.25, 0.3) is 0 Å². The highest BCUT2D eigenvalue weighted by atomic mass is 15.1. The molecule has 0 bridgehead atoms. The van der Waals surface area contributed by atoms with Crippen LogP contribution in [0.4, 0.5) is 0 Å². The maximum absolute atomic E-state index is 5.95. The van der Waals surface area contributed by atoms with E-state index in [2.05, 4.69) is 43.0 Å². The number of benzene rings is 1. The van der Waals surface area contributed by atoms with E-state index in [1.807, 2.05) is 11.5 Å². The maximum atomic E-state index is 5.95. The Hall–Kier alpha value is -1.79. The standard InChI is InChI=1S/C15H19N3/c1-5-8-18-14-7-6-12(10(2)3)9-13(14)17-15(18)11(4)16/h1,6-7,9-11H,8,16H2,2-4H3. The average Bonchev–Trinajstić information content (AvgIpc) is 2.68. The zero-order valence-electron chi connectivity index (χ0n) is 11.1. The molecule has 0 fully saturated rings. The molecule has 18 heavy (non-hydrogen) atoms. The Morgan fingerprint density at radius 1 is 1.39 bits per heavy atom. The minimum atomic E-state index is -0.117. The molecule has 1 aromatic heterocycles. The Morgan fingerprint density at radius 3 is 2.67 bits per heavy atom. The first-order valence-electron chi connectivity index (χ1n) is 6.23. The van der Waals surface area contributed by atoms with E-state index < -0.39 is 0 Å². The van der Waals surface area contributed by atoms with Gasteiger partial charge in [-0.3, -0.25) is 0 Å². The summed E-state index contributed by atoms with van der Waals surface area (Å²) < 4.78 is 2.02. The number of nitrogens with zero attached hydrogens (tertiary/aromatic N) is 2. The first-order valence-corrected chi connectivity index (χ1v) is 6.23. The molecule has 0 saturated carbocycles. The molecule has 1 heterocycles. The van der Waals surface area contributed by atoms with Crippen molar-refractivity contribution in [2.24, 2.45) is 5.73 Å². The topological polar surface area (TPSA) is 43.8 Å². The molecule has 0 radical (unpaired) electrons. The molecule has 3 nitrogen and oxygen atoms in total. The van der Waals surface area contributed by atoms with Gasteiger partial charge in [-0.05, 0) is 30.5 Å². The lowest BCUT2D eigenvalue weighted by Gasteiger charge is -2.08. The van der Waals surface area contributed by atoms with Gasteiger partial charge in [0.15, 0.2) is 0 Å². The zero-order valence-corrected chi connectivity index (χ0v) is 11.1. The Bertz CT molecular complexity index is 600. The fraction of sp³-hybridized carbons (Fsp3) is 0.400. The van der Waals surface area contributed by atoms with Crippen molar-refractivity contribution in [3.63, 3.8) is 0 Å². The fourth-order valence-corrected chi connectivity index (χ4v) is 2.13. The second kappa shape index (κ2) is 4.83. The van der Waals surface area contributed by atoms with Crippen molar-refractivity contribution in [1.29, 1.82) is 0 Å². The SMILES string of the molecule is C#CCn1c(C(C)N)nc2cc(C(C)C)ccc21. The van der Waals surface area contributed by atoms with Crippen LogP contribution in [0.25, 0.3) is 11.0 Å². The number of hydrogen-bond acceptors (Lipinski definition) is 2. The third-order valence-electron chi connectivity index (χ3n) is 3.13. The summed E-state index contributed by atoms with van der Waals surface area (Å²) in [5.41, 5.74) is 9.27. The molecule has 0 aliphatic carbocycles. The van der Waals surface area contributed by atoms with Crippen LogP contribution in [0.5, 0.6) is 0 Å². The summed E-state index contributed by atoms with van der Waals surface area (Å²) in [6, 6.07) is 6.22. The van der Waals surface area contributed by atoms with Crippen LogP contribution in [0.1, 0.15) is 44.1 Å². The summed E-state index contributed by atoms with van der Waals surface area (Å²) in [7, 11) is 0. The second-order valence-electron chi connectivity index (χ2n) is 4.95. The zero-order chi connectivity index (χ0) is 13.3. The quantitative estimate of drug-likeness (QED) is 0.840. The van der Waals surface area contributed by atoms with Gasteiger partial charge >= 0.3 is 0 Å². The van der Waals surface area contributed by atoms with Crippen LogP contribution in [0.3, 0.4) is 0 Å². The molecule has 94 valence electrons. The molecule has 1 unspecified atom stereocenters. The smallest absolute Gasteiger partial charge is 0.127 e. The molecule has 2 aromatic rings. The van der Waals surface area contributed by atoms with Crippen molar-refractivity contribution in [3.05, 3.63) is 29.6 Å². The molecule has 1 atom stereocenters. The van der Waals surface area contributed by atoms with Gasteiger partial charge in [-0.2, -0.15) is 0 Å². The Labute approximate surface area is 108 Å². The second-order valence-corrected chi connectivity index (χ2v) is 4.95. The van der Waals surface area contributed by atoms with Gasteiger partial charge < -0.3 is 10.3 Å². The molecular weight excluding hydrogens is 222 g/mol. The molecule has 0 saturated heterocycles. The minimum Gasteiger partial charge on any atom is -0.322 e. The van der Waals surface area contributed by atoms with Crippen LogP contribution in [0.15, 0.2) is 18.2 Å². The minimum absolute atomic E-state index is 0.117. The van der Waals surface area contributed by atoms with Crippen LogP contribution in [-0.2, 0) is 6.54 Å². The molecule has 1 aromatic carbocycles. The highest BCUT2D eigenvalue weighted by Crippen LogP contribution is 2.24. The number of rotatable bonds is 3. The van der Waals surface area contributed by atoms with E-state index in [1.54, 1.807) is 0 Å². The summed E-state index contributed by atoms with van der Waals surface area (Å²) >= 11 is 0. The van der Waals surface area contributed by atoms with Gasteiger partial charge in [-0.15, -0.1) is 6.42 Å². The third-order valence-corrected chi connectivity index (χ3v) is 3.13. The molecule has 0 aliphatic rings. The lowest BCUT2D eigenvalue weighted by atomic mass is 10.0. The normalized spacial score (nSPS) is 12.9. The highest BCUT2D eigenvalue weighted by Gasteiger charge is 2.14. The average molecular weight is 241 g/mol. The Balaban J connectivity index is 2.65. The van der Waals surface area contributed by atoms with E-state index in [0.717, 1.165) is 16.9 Å². The number of terminal acetylenes is 1. The molecule has 0 aliphatic heterocycles. The first kappa shape index (κ1) is 12.7. The summed E-state index contributed by atoms with van der Waals surface area (Å²) in [5.74, 6) is 4.00. The molecule has 3 heteroatoms. The summed E-state index contributed by atoms with van der Waals surface area (Å²) in [6.45, 7) is 6.78. The van der Waals surface area contributed by atoms with E-state index in [9.17, 15) is 0 Å². The summed E-state index contributed by atoms with van der Waals surface area (Å²) in [5, 5.41) is 0. The number of nitrogens with two attached hydrogens (primary N) is 1. The Morgan fingerprint density at radius 2 is 2.11 bits per heavy atom. The van der Waals surface area contributed by atoms with Crippen molar-refractivity contribution in [2.75, 3.05) is 0 Å². The maximum Gasteiger partial charge on any atom is 0.127 e. The molecular formula is C15H19N3. The van der Waals surface area contributed by atoms with Gasteiger partial charge in [0.1, 0.15) is 5.82 Å². The van der Waals surface area contributed by atoms with E-state index in [0.29, 0.717) is 12.5 Å². The molecule has 0 spiro atoms. The predicted octanol–water partition coefficient (Wildman–Crippen LogP) is 2.81. The van der Waals surface area contributed by atoms with E-state index >= 15 is 0 Å². The van der Waals surface area contributed by atoms with Crippen LogP contribution < -0.4 is 5.73 Å². The number of fused-ring (bicyclic) bond motifs is 1. The van der Waals surface area contributed by atoms with Crippen molar-refractivity contribution in [2.45, 2.75) is 39.3 Å². The molecule has 0 amide bonds. The van der Waals surface area contributed by atoms with Crippen LogP contribution >= 0.6 is 0 Å². The highest BCUT2D eigenvalue weighted by molar-refractivity contribution is 5.77. The fourth-order valence-electron chi connectivity index (χ4n) is 2.13. The largest absolute Gasteiger partial charge is 0.322 e. The monoisotopic (exact) mass is 241 g/mol.